The standard InChI is InChI=1S/C14H12N2OS/c15-8-13(12-4-2-1-3-5-12)14(17)16-9-11-6-7-18-10-11/h1-7,10,13H,9H2,(H,16,17). The molecule has 0 aliphatic heterocycles. The molecule has 2 aromatic rings. The molecule has 1 atom stereocenters. The van der Waals surface area contributed by atoms with Gasteiger partial charge in [-0.1, -0.05) is 30.3 Å². The Morgan fingerprint density at radius 3 is 2.72 bits per heavy atom. The van der Waals surface area contributed by atoms with Crippen LogP contribution in [0.5, 0.6) is 0 Å². The van der Waals surface area contributed by atoms with Crippen molar-refractivity contribution in [2.24, 2.45) is 0 Å². The van der Waals surface area contributed by atoms with Gasteiger partial charge in [0.15, 0.2) is 0 Å². The van der Waals surface area contributed by atoms with Gasteiger partial charge in [-0.25, -0.2) is 0 Å². The normalized spacial score (nSPS) is 11.5. The molecule has 0 aliphatic carbocycles. The van der Waals surface area contributed by atoms with Gasteiger partial charge in [-0.05, 0) is 28.0 Å². The maximum Gasteiger partial charge on any atom is 0.242 e. The molecular weight excluding hydrogens is 244 g/mol. The van der Waals surface area contributed by atoms with Crippen LogP contribution in [0.4, 0.5) is 0 Å². The highest BCUT2D eigenvalue weighted by atomic mass is 32.1. The van der Waals surface area contributed by atoms with E-state index in [1.807, 2.05) is 41.1 Å². The minimum Gasteiger partial charge on any atom is -0.351 e. The zero-order valence-electron chi connectivity index (χ0n) is 9.67. The Balaban J connectivity index is 2.01. The van der Waals surface area contributed by atoms with Crippen LogP contribution in [-0.2, 0) is 11.3 Å². The first-order valence-corrected chi connectivity index (χ1v) is 6.49. The number of hydrogen-bond donors (Lipinski definition) is 1. The lowest BCUT2D eigenvalue weighted by Gasteiger charge is -2.09. The van der Waals surface area contributed by atoms with Crippen LogP contribution in [0.1, 0.15) is 17.0 Å². The van der Waals surface area contributed by atoms with Crippen molar-refractivity contribution in [1.82, 2.24) is 5.32 Å². The Morgan fingerprint density at radius 2 is 2.11 bits per heavy atom. The molecule has 18 heavy (non-hydrogen) atoms. The molecule has 0 fully saturated rings. The summed E-state index contributed by atoms with van der Waals surface area (Å²) < 4.78 is 0. The molecule has 1 heterocycles. The van der Waals surface area contributed by atoms with Crippen LogP contribution in [-0.4, -0.2) is 5.91 Å². The smallest absolute Gasteiger partial charge is 0.242 e. The highest BCUT2D eigenvalue weighted by Crippen LogP contribution is 2.15. The van der Waals surface area contributed by atoms with E-state index in [1.165, 1.54) is 0 Å². The molecule has 0 aliphatic rings. The van der Waals surface area contributed by atoms with Crippen LogP contribution in [0, 0.1) is 11.3 Å². The lowest BCUT2D eigenvalue weighted by atomic mass is 10.00. The van der Waals surface area contributed by atoms with E-state index in [2.05, 4.69) is 5.32 Å². The molecule has 1 aromatic heterocycles. The average molecular weight is 256 g/mol. The van der Waals surface area contributed by atoms with E-state index >= 15 is 0 Å². The number of amides is 1. The second-order valence-corrected chi connectivity index (χ2v) is 4.60. The van der Waals surface area contributed by atoms with Gasteiger partial charge in [0, 0.05) is 6.54 Å². The van der Waals surface area contributed by atoms with Crippen molar-refractivity contribution in [2.75, 3.05) is 0 Å². The molecule has 0 saturated carbocycles. The first-order valence-electron chi connectivity index (χ1n) is 5.54. The topological polar surface area (TPSA) is 52.9 Å². The Labute approximate surface area is 110 Å². The number of carbonyl (C=O) groups excluding carboxylic acids is 1. The maximum atomic E-state index is 11.9. The Hall–Kier alpha value is -2.12. The van der Waals surface area contributed by atoms with Gasteiger partial charge < -0.3 is 5.32 Å². The minimum absolute atomic E-state index is 0.255. The molecule has 1 amide bonds. The van der Waals surface area contributed by atoms with Crippen molar-refractivity contribution in [3.8, 4) is 6.07 Å². The van der Waals surface area contributed by atoms with Crippen LogP contribution >= 0.6 is 11.3 Å². The lowest BCUT2D eigenvalue weighted by molar-refractivity contribution is -0.121. The van der Waals surface area contributed by atoms with E-state index in [0.717, 1.165) is 11.1 Å². The molecule has 2 rings (SSSR count). The minimum atomic E-state index is -0.746. The summed E-state index contributed by atoms with van der Waals surface area (Å²) in [6, 6.07) is 13.1. The molecule has 3 nitrogen and oxygen atoms in total. The quantitative estimate of drug-likeness (QED) is 0.914. The number of thiophene rings is 1. The molecule has 1 N–H and O–H groups in total. The molecule has 0 bridgehead atoms. The van der Waals surface area contributed by atoms with Gasteiger partial charge in [-0.2, -0.15) is 16.6 Å². The summed E-state index contributed by atoms with van der Waals surface area (Å²) in [5.74, 6) is -1.00. The first-order chi connectivity index (χ1) is 8.81. The average Bonchev–Trinajstić information content (AvgIpc) is 2.92. The molecule has 4 heteroatoms. The van der Waals surface area contributed by atoms with Crippen molar-refractivity contribution < 1.29 is 4.79 Å². The van der Waals surface area contributed by atoms with Gasteiger partial charge >= 0.3 is 0 Å². The fourth-order valence-corrected chi connectivity index (χ4v) is 2.28. The Morgan fingerprint density at radius 1 is 1.33 bits per heavy atom. The maximum absolute atomic E-state index is 11.9. The molecular formula is C14H12N2OS. The molecule has 0 saturated heterocycles. The molecule has 0 radical (unpaired) electrons. The van der Waals surface area contributed by atoms with Gasteiger partial charge in [-0.3, -0.25) is 4.79 Å². The second kappa shape index (κ2) is 5.99. The molecule has 1 aromatic carbocycles. The van der Waals surface area contributed by atoms with E-state index in [9.17, 15) is 4.79 Å². The van der Waals surface area contributed by atoms with Crippen molar-refractivity contribution in [2.45, 2.75) is 12.5 Å². The zero-order chi connectivity index (χ0) is 12.8. The molecule has 1 unspecified atom stereocenters. The van der Waals surface area contributed by atoms with Crippen molar-refractivity contribution in [3.63, 3.8) is 0 Å². The summed E-state index contributed by atoms with van der Waals surface area (Å²) in [5.41, 5.74) is 1.78. The van der Waals surface area contributed by atoms with Crippen LogP contribution in [0.3, 0.4) is 0 Å². The fraction of sp³-hybridized carbons (Fsp3) is 0.143. The van der Waals surface area contributed by atoms with E-state index < -0.39 is 5.92 Å². The summed E-state index contributed by atoms with van der Waals surface area (Å²) in [6.45, 7) is 0.466. The third kappa shape index (κ3) is 2.96. The number of rotatable bonds is 4. The van der Waals surface area contributed by atoms with Crippen LogP contribution in [0.2, 0.25) is 0 Å². The van der Waals surface area contributed by atoms with Crippen LogP contribution < -0.4 is 5.32 Å². The highest BCUT2D eigenvalue weighted by Gasteiger charge is 2.19. The summed E-state index contributed by atoms with van der Waals surface area (Å²) in [4.78, 5) is 11.9. The Kier molecular flexibility index (Phi) is 4.11. The van der Waals surface area contributed by atoms with Crippen molar-refractivity contribution in [3.05, 3.63) is 58.3 Å². The molecule has 0 spiro atoms. The predicted octanol–water partition coefficient (Wildman–Crippen LogP) is 2.67. The number of carbonyl (C=O) groups is 1. The summed E-state index contributed by atoms with van der Waals surface area (Å²) in [6.07, 6.45) is 0. The third-order valence-corrected chi connectivity index (χ3v) is 3.30. The summed E-state index contributed by atoms with van der Waals surface area (Å²) in [5, 5.41) is 15.8. The van der Waals surface area contributed by atoms with Crippen molar-refractivity contribution >= 4 is 17.2 Å². The summed E-state index contributed by atoms with van der Waals surface area (Å²) in [7, 11) is 0. The van der Waals surface area contributed by atoms with E-state index in [-0.39, 0.29) is 5.91 Å². The van der Waals surface area contributed by atoms with E-state index in [0.29, 0.717) is 6.54 Å². The highest BCUT2D eigenvalue weighted by molar-refractivity contribution is 7.07. The van der Waals surface area contributed by atoms with Crippen LogP contribution in [0.15, 0.2) is 47.2 Å². The SMILES string of the molecule is N#CC(C(=O)NCc1ccsc1)c1ccccc1. The molecule has 90 valence electrons. The summed E-state index contributed by atoms with van der Waals surface area (Å²) >= 11 is 1.59. The lowest BCUT2D eigenvalue weighted by Crippen LogP contribution is -2.28. The zero-order valence-corrected chi connectivity index (χ0v) is 10.5. The number of nitriles is 1. The van der Waals surface area contributed by atoms with E-state index in [4.69, 9.17) is 5.26 Å². The van der Waals surface area contributed by atoms with Gasteiger partial charge in [0.05, 0.1) is 6.07 Å². The second-order valence-electron chi connectivity index (χ2n) is 3.82. The Bertz CT molecular complexity index is 543. The van der Waals surface area contributed by atoms with Gasteiger partial charge in [0.1, 0.15) is 5.92 Å². The fourth-order valence-electron chi connectivity index (χ4n) is 1.61. The van der Waals surface area contributed by atoms with Crippen molar-refractivity contribution in [1.29, 1.82) is 5.26 Å². The number of nitrogens with one attached hydrogen (secondary N) is 1. The number of nitrogens with zero attached hydrogens (tertiary/aromatic N) is 1. The monoisotopic (exact) mass is 256 g/mol. The van der Waals surface area contributed by atoms with Gasteiger partial charge in [0.2, 0.25) is 5.91 Å². The first kappa shape index (κ1) is 12.3. The van der Waals surface area contributed by atoms with Gasteiger partial charge in [-0.15, -0.1) is 0 Å². The van der Waals surface area contributed by atoms with E-state index in [1.54, 1.807) is 23.5 Å². The van der Waals surface area contributed by atoms with Gasteiger partial charge in [0.25, 0.3) is 0 Å². The third-order valence-electron chi connectivity index (χ3n) is 2.57. The largest absolute Gasteiger partial charge is 0.351 e. The number of benzene rings is 1. The number of hydrogen-bond acceptors (Lipinski definition) is 3. The predicted molar refractivity (Wildman–Crippen MR) is 71.0 cm³/mol. The van der Waals surface area contributed by atoms with Crippen LogP contribution in [0.25, 0.3) is 0 Å².